The van der Waals surface area contributed by atoms with Gasteiger partial charge in [0, 0.05) is 6.92 Å². The average Bonchev–Trinajstić information content (AvgIpc) is 1.86. The van der Waals surface area contributed by atoms with Crippen molar-refractivity contribution in [3.8, 4) is 0 Å². The molecule has 1 atom stereocenters. The number of hydrogen-bond donors (Lipinski definition) is 1. The molecule has 0 heterocycles. The summed E-state index contributed by atoms with van der Waals surface area (Å²) in [5.74, 6) is -1.56. The minimum atomic E-state index is -1.22. The Morgan fingerprint density at radius 2 is 2.09 bits per heavy atom. The number of carboxylic acid groups (broad SMARTS) is 1. The highest BCUT2D eigenvalue weighted by Crippen LogP contribution is 1.94. The Morgan fingerprint density at radius 3 is 2.36 bits per heavy atom. The molecule has 0 fully saturated rings. The lowest BCUT2D eigenvalue weighted by Gasteiger charge is -2.17. The van der Waals surface area contributed by atoms with Gasteiger partial charge < -0.3 is 15.2 Å². The summed E-state index contributed by atoms with van der Waals surface area (Å²) in [5, 5.41) is 12.6. The first-order valence-electron chi connectivity index (χ1n) is 3.56. The number of rotatable bonds is 4. The standard InChI is InChI=1S/C7H13NO3/c1-3-4-6(7(10)11)8-5(2)9/h6H,3-4H2,1-2H3,(H,8,9)(H,10,11)/p-1/t6-/m0/s1. The molecular weight excluding hydrogens is 146 g/mol. The molecule has 0 saturated heterocycles. The molecule has 0 aliphatic heterocycles. The number of amides is 1. The molecule has 4 heteroatoms. The molecule has 0 bridgehead atoms. The number of carboxylic acids is 1. The predicted octanol–water partition coefficient (Wildman–Crippen LogP) is -0.959. The van der Waals surface area contributed by atoms with Crippen LogP contribution in [0.2, 0.25) is 0 Å². The van der Waals surface area contributed by atoms with Crippen molar-refractivity contribution >= 4 is 11.9 Å². The van der Waals surface area contributed by atoms with E-state index in [1.165, 1.54) is 6.92 Å². The second kappa shape index (κ2) is 4.71. The quantitative estimate of drug-likeness (QED) is 0.573. The largest absolute Gasteiger partial charge is 0.548 e. The summed E-state index contributed by atoms with van der Waals surface area (Å²) in [6, 6.07) is -0.836. The van der Waals surface area contributed by atoms with Crippen LogP contribution in [0.3, 0.4) is 0 Å². The van der Waals surface area contributed by atoms with Crippen LogP contribution >= 0.6 is 0 Å². The molecule has 0 aromatic carbocycles. The van der Waals surface area contributed by atoms with Crippen molar-refractivity contribution < 1.29 is 14.7 Å². The maximum absolute atomic E-state index is 10.4. The molecule has 0 radical (unpaired) electrons. The van der Waals surface area contributed by atoms with Crippen molar-refractivity contribution in [2.24, 2.45) is 0 Å². The fraction of sp³-hybridized carbons (Fsp3) is 0.714. The van der Waals surface area contributed by atoms with E-state index in [2.05, 4.69) is 5.32 Å². The van der Waals surface area contributed by atoms with Crippen LogP contribution in [0.4, 0.5) is 0 Å². The highest BCUT2D eigenvalue weighted by atomic mass is 16.4. The predicted molar refractivity (Wildman–Crippen MR) is 37.5 cm³/mol. The highest BCUT2D eigenvalue weighted by molar-refractivity contribution is 5.80. The number of hydrogen-bond acceptors (Lipinski definition) is 3. The highest BCUT2D eigenvalue weighted by Gasteiger charge is 2.08. The number of nitrogens with one attached hydrogen (secondary N) is 1. The maximum Gasteiger partial charge on any atom is 0.217 e. The third kappa shape index (κ3) is 4.36. The van der Waals surface area contributed by atoms with E-state index in [4.69, 9.17) is 0 Å². The third-order valence-corrected chi connectivity index (χ3v) is 1.24. The van der Waals surface area contributed by atoms with E-state index in [1.54, 1.807) is 0 Å². The molecule has 1 amide bonds. The minimum absolute atomic E-state index is 0.340. The summed E-state index contributed by atoms with van der Waals surface area (Å²) >= 11 is 0. The van der Waals surface area contributed by atoms with Crippen LogP contribution in [0, 0.1) is 0 Å². The van der Waals surface area contributed by atoms with Gasteiger partial charge in [0.15, 0.2) is 0 Å². The Morgan fingerprint density at radius 1 is 1.55 bits per heavy atom. The van der Waals surface area contributed by atoms with Gasteiger partial charge in [-0.3, -0.25) is 4.79 Å². The van der Waals surface area contributed by atoms with Gasteiger partial charge in [0.2, 0.25) is 5.91 Å². The van der Waals surface area contributed by atoms with E-state index in [0.717, 1.165) is 0 Å². The molecule has 0 unspecified atom stereocenters. The smallest absolute Gasteiger partial charge is 0.217 e. The minimum Gasteiger partial charge on any atom is -0.548 e. The molecule has 64 valence electrons. The first-order chi connectivity index (χ1) is 5.07. The Balaban J connectivity index is 3.89. The fourth-order valence-electron chi connectivity index (χ4n) is 0.783. The van der Waals surface area contributed by atoms with Gasteiger partial charge in [0.05, 0.1) is 12.0 Å². The van der Waals surface area contributed by atoms with E-state index in [9.17, 15) is 14.7 Å². The van der Waals surface area contributed by atoms with E-state index in [0.29, 0.717) is 12.8 Å². The summed E-state index contributed by atoms with van der Waals surface area (Å²) in [7, 11) is 0. The topological polar surface area (TPSA) is 69.2 Å². The van der Waals surface area contributed by atoms with Gasteiger partial charge in [0.1, 0.15) is 0 Å². The Bertz CT molecular complexity index is 156. The van der Waals surface area contributed by atoms with Crippen LogP contribution in [-0.4, -0.2) is 17.9 Å². The Hall–Kier alpha value is -1.06. The van der Waals surface area contributed by atoms with E-state index >= 15 is 0 Å². The van der Waals surface area contributed by atoms with Gasteiger partial charge in [-0.1, -0.05) is 13.3 Å². The normalized spacial score (nSPS) is 12.2. The van der Waals surface area contributed by atoms with Gasteiger partial charge >= 0.3 is 0 Å². The van der Waals surface area contributed by atoms with Gasteiger partial charge in [-0.15, -0.1) is 0 Å². The first-order valence-corrected chi connectivity index (χ1v) is 3.56. The van der Waals surface area contributed by atoms with Gasteiger partial charge in [-0.2, -0.15) is 0 Å². The second-order valence-corrected chi connectivity index (χ2v) is 2.36. The molecule has 0 rings (SSSR count). The Kier molecular flexibility index (Phi) is 4.26. The average molecular weight is 158 g/mol. The summed E-state index contributed by atoms with van der Waals surface area (Å²) in [5.41, 5.74) is 0. The van der Waals surface area contributed by atoms with Gasteiger partial charge in [0.25, 0.3) is 0 Å². The molecule has 11 heavy (non-hydrogen) atoms. The van der Waals surface area contributed by atoms with Gasteiger partial charge in [-0.25, -0.2) is 0 Å². The van der Waals surface area contributed by atoms with Gasteiger partial charge in [-0.05, 0) is 6.42 Å². The lowest BCUT2D eigenvalue weighted by atomic mass is 10.2. The zero-order chi connectivity index (χ0) is 8.85. The summed E-state index contributed by atoms with van der Waals surface area (Å²) < 4.78 is 0. The molecular formula is C7H12NO3-. The third-order valence-electron chi connectivity index (χ3n) is 1.24. The molecule has 0 aromatic rings. The van der Waals surface area contributed by atoms with Crippen LogP contribution in [-0.2, 0) is 9.59 Å². The zero-order valence-corrected chi connectivity index (χ0v) is 6.72. The maximum atomic E-state index is 10.4. The van der Waals surface area contributed by atoms with Crippen molar-refractivity contribution in [2.75, 3.05) is 0 Å². The number of aliphatic carboxylic acids is 1. The van der Waals surface area contributed by atoms with Crippen LogP contribution in [0.15, 0.2) is 0 Å². The monoisotopic (exact) mass is 158 g/mol. The molecule has 0 saturated carbocycles. The van der Waals surface area contributed by atoms with E-state index in [-0.39, 0.29) is 5.91 Å². The van der Waals surface area contributed by atoms with Crippen molar-refractivity contribution in [2.45, 2.75) is 32.7 Å². The summed E-state index contributed by atoms with van der Waals surface area (Å²) in [6.07, 6.45) is 1.13. The number of carbonyl (C=O) groups is 2. The lowest BCUT2D eigenvalue weighted by Crippen LogP contribution is -2.47. The van der Waals surface area contributed by atoms with Crippen molar-refractivity contribution in [3.05, 3.63) is 0 Å². The summed E-state index contributed by atoms with van der Waals surface area (Å²) in [4.78, 5) is 20.7. The Labute approximate surface area is 65.6 Å². The molecule has 4 nitrogen and oxygen atoms in total. The fourth-order valence-corrected chi connectivity index (χ4v) is 0.783. The molecule has 0 aliphatic rings. The van der Waals surface area contributed by atoms with E-state index in [1.807, 2.05) is 6.92 Å². The van der Waals surface area contributed by atoms with Crippen LogP contribution < -0.4 is 10.4 Å². The van der Waals surface area contributed by atoms with Crippen molar-refractivity contribution in [1.29, 1.82) is 0 Å². The van der Waals surface area contributed by atoms with Crippen LogP contribution in [0.25, 0.3) is 0 Å². The number of carbonyl (C=O) groups excluding carboxylic acids is 2. The molecule has 0 spiro atoms. The van der Waals surface area contributed by atoms with E-state index < -0.39 is 12.0 Å². The molecule has 0 aliphatic carbocycles. The lowest BCUT2D eigenvalue weighted by molar-refractivity contribution is -0.308. The van der Waals surface area contributed by atoms with Crippen LogP contribution in [0.5, 0.6) is 0 Å². The molecule has 1 N–H and O–H groups in total. The SMILES string of the molecule is CCC[C@H](NC(C)=O)C(=O)[O-]. The zero-order valence-electron chi connectivity index (χ0n) is 6.72. The first kappa shape index (κ1) is 9.94. The summed E-state index contributed by atoms with van der Waals surface area (Å²) in [6.45, 7) is 3.13. The van der Waals surface area contributed by atoms with Crippen molar-refractivity contribution in [1.82, 2.24) is 5.32 Å². The van der Waals surface area contributed by atoms with Crippen LogP contribution in [0.1, 0.15) is 26.7 Å². The van der Waals surface area contributed by atoms with Crippen molar-refractivity contribution in [3.63, 3.8) is 0 Å². The second-order valence-electron chi connectivity index (χ2n) is 2.36. The molecule has 0 aromatic heterocycles.